The van der Waals surface area contributed by atoms with Gasteiger partial charge >= 0.3 is 6.18 Å². The van der Waals surface area contributed by atoms with Gasteiger partial charge in [-0.25, -0.2) is 4.98 Å². The standard InChI is InChI=1S/C18H18F3N7O/c19-18(20,21)12-1-3-13(4-2-12)24-17-25-14-5-7-22-15(28(14)26-17)11-27-9-6-16(29)23-8-10-27/h1-5,7H,6,8-11H2,(H,23,29)(H,24,26). The van der Waals surface area contributed by atoms with Crippen LogP contribution >= 0.6 is 0 Å². The normalized spacial score (nSPS) is 15.9. The van der Waals surface area contributed by atoms with Gasteiger partial charge in [0.05, 0.1) is 12.1 Å². The van der Waals surface area contributed by atoms with E-state index in [-0.39, 0.29) is 11.9 Å². The summed E-state index contributed by atoms with van der Waals surface area (Å²) < 4.78 is 39.7. The summed E-state index contributed by atoms with van der Waals surface area (Å²) in [6, 6.07) is 6.35. The Morgan fingerprint density at radius 2 is 1.93 bits per heavy atom. The van der Waals surface area contributed by atoms with Crippen LogP contribution in [0.2, 0.25) is 0 Å². The third-order valence-corrected chi connectivity index (χ3v) is 4.56. The summed E-state index contributed by atoms with van der Waals surface area (Å²) in [5.74, 6) is 0.944. The van der Waals surface area contributed by atoms with E-state index >= 15 is 0 Å². The Morgan fingerprint density at radius 3 is 2.69 bits per heavy atom. The molecule has 2 N–H and O–H groups in total. The highest BCUT2D eigenvalue weighted by molar-refractivity contribution is 5.76. The predicted molar refractivity (Wildman–Crippen MR) is 98.4 cm³/mol. The van der Waals surface area contributed by atoms with Crippen LogP contribution in [-0.2, 0) is 17.5 Å². The third-order valence-electron chi connectivity index (χ3n) is 4.56. The molecule has 3 aromatic rings. The minimum atomic E-state index is -4.38. The smallest absolute Gasteiger partial charge is 0.355 e. The summed E-state index contributed by atoms with van der Waals surface area (Å²) >= 11 is 0. The minimum Gasteiger partial charge on any atom is -0.355 e. The number of carbonyl (C=O) groups is 1. The predicted octanol–water partition coefficient (Wildman–Crippen LogP) is 2.21. The van der Waals surface area contributed by atoms with Crippen LogP contribution in [0.4, 0.5) is 24.8 Å². The van der Waals surface area contributed by atoms with Crippen molar-refractivity contribution >= 4 is 23.2 Å². The second-order valence-electron chi connectivity index (χ2n) is 6.64. The lowest BCUT2D eigenvalue weighted by atomic mass is 10.2. The largest absolute Gasteiger partial charge is 0.416 e. The molecule has 3 heterocycles. The molecule has 0 unspecified atom stereocenters. The van der Waals surface area contributed by atoms with Crippen LogP contribution in [0.15, 0.2) is 36.5 Å². The fourth-order valence-electron chi connectivity index (χ4n) is 3.07. The molecule has 1 fully saturated rings. The van der Waals surface area contributed by atoms with Crippen molar-refractivity contribution in [1.82, 2.24) is 29.8 Å². The molecule has 0 saturated carbocycles. The van der Waals surface area contributed by atoms with E-state index in [0.717, 1.165) is 12.1 Å². The Balaban J connectivity index is 1.52. The molecule has 0 radical (unpaired) electrons. The first-order valence-electron chi connectivity index (χ1n) is 9.02. The van der Waals surface area contributed by atoms with Gasteiger partial charge in [-0.05, 0) is 24.3 Å². The zero-order valence-electron chi connectivity index (χ0n) is 15.3. The highest BCUT2D eigenvalue weighted by Gasteiger charge is 2.30. The van der Waals surface area contributed by atoms with Crippen LogP contribution in [0.5, 0.6) is 0 Å². The number of nitrogens with one attached hydrogen (secondary N) is 2. The molecule has 1 aromatic carbocycles. The molecule has 0 spiro atoms. The number of fused-ring (bicyclic) bond motifs is 1. The van der Waals surface area contributed by atoms with Crippen molar-refractivity contribution in [3.05, 3.63) is 47.9 Å². The number of hydrogen-bond donors (Lipinski definition) is 2. The molecule has 4 rings (SSSR count). The van der Waals surface area contributed by atoms with E-state index in [2.05, 4.69) is 30.6 Å². The number of amides is 1. The first kappa shape index (κ1) is 19.1. The van der Waals surface area contributed by atoms with E-state index < -0.39 is 11.7 Å². The summed E-state index contributed by atoms with van der Waals surface area (Å²) in [7, 11) is 0. The highest BCUT2D eigenvalue weighted by atomic mass is 19.4. The van der Waals surface area contributed by atoms with Gasteiger partial charge in [-0.2, -0.15) is 22.7 Å². The molecule has 8 nitrogen and oxygen atoms in total. The van der Waals surface area contributed by atoms with E-state index in [9.17, 15) is 18.0 Å². The van der Waals surface area contributed by atoms with Gasteiger partial charge in [-0.3, -0.25) is 9.69 Å². The molecular weight excluding hydrogens is 387 g/mol. The number of alkyl halides is 3. The van der Waals surface area contributed by atoms with Gasteiger partial charge in [0.15, 0.2) is 5.65 Å². The molecule has 0 aliphatic carbocycles. The number of aromatic nitrogens is 4. The van der Waals surface area contributed by atoms with Gasteiger partial charge in [0.2, 0.25) is 11.9 Å². The Kier molecular flexibility index (Phi) is 5.05. The van der Waals surface area contributed by atoms with Crippen molar-refractivity contribution in [3.8, 4) is 0 Å². The molecule has 152 valence electrons. The second kappa shape index (κ2) is 7.66. The van der Waals surface area contributed by atoms with E-state index in [4.69, 9.17) is 0 Å². The molecular formula is C18H18F3N7O. The van der Waals surface area contributed by atoms with E-state index in [0.29, 0.717) is 49.8 Å². The molecule has 1 aliphatic rings. The Hall–Kier alpha value is -3.21. The number of anilines is 2. The van der Waals surface area contributed by atoms with Gasteiger partial charge in [-0.1, -0.05) is 0 Å². The maximum atomic E-state index is 12.7. The summed E-state index contributed by atoms with van der Waals surface area (Å²) in [4.78, 5) is 22.3. The second-order valence-corrected chi connectivity index (χ2v) is 6.64. The summed E-state index contributed by atoms with van der Waals surface area (Å²) in [6.07, 6.45) is -2.33. The van der Waals surface area contributed by atoms with Crippen LogP contribution < -0.4 is 10.6 Å². The molecule has 1 aliphatic heterocycles. The van der Waals surface area contributed by atoms with Crippen molar-refractivity contribution in [2.75, 3.05) is 25.0 Å². The van der Waals surface area contributed by atoms with Crippen molar-refractivity contribution in [2.45, 2.75) is 19.1 Å². The fraction of sp³-hybridized carbons (Fsp3) is 0.333. The molecule has 1 amide bonds. The average molecular weight is 405 g/mol. The fourth-order valence-corrected chi connectivity index (χ4v) is 3.07. The zero-order chi connectivity index (χ0) is 20.4. The van der Waals surface area contributed by atoms with Crippen molar-refractivity contribution in [2.24, 2.45) is 0 Å². The lowest BCUT2D eigenvalue weighted by molar-refractivity contribution is -0.137. The van der Waals surface area contributed by atoms with Gasteiger partial charge in [0.25, 0.3) is 0 Å². The maximum Gasteiger partial charge on any atom is 0.416 e. The molecule has 2 aromatic heterocycles. The zero-order valence-corrected chi connectivity index (χ0v) is 15.3. The quantitative estimate of drug-likeness (QED) is 0.692. The molecule has 0 bridgehead atoms. The van der Waals surface area contributed by atoms with Gasteiger partial charge in [0.1, 0.15) is 5.82 Å². The summed E-state index contributed by atoms with van der Waals surface area (Å²) in [6.45, 7) is 2.40. The average Bonchev–Trinajstić information content (AvgIpc) is 2.98. The van der Waals surface area contributed by atoms with Gasteiger partial charge in [0, 0.05) is 44.0 Å². The van der Waals surface area contributed by atoms with Crippen molar-refractivity contribution in [1.29, 1.82) is 0 Å². The number of hydrogen-bond acceptors (Lipinski definition) is 6. The van der Waals surface area contributed by atoms with Gasteiger partial charge < -0.3 is 10.6 Å². The van der Waals surface area contributed by atoms with Crippen LogP contribution in [0.3, 0.4) is 0 Å². The summed E-state index contributed by atoms with van der Waals surface area (Å²) in [5.41, 5.74) is 0.289. The lowest BCUT2D eigenvalue weighted by Gasteiger charge is -2.18. The first-order valence-corrected chi connectivity index (χ1v) is 9.02. The number of nitrogens with zero attached hydrogens (tertiary/aromatic N) is 5. The highest BCUT2D eigenvalue weighted by Crippen LogP contribution is 2.30. The Morgan fingerprint density at radius 1 is 1.14 bits per heavy atom. The Labute approximate surface area is 163 Å². The topological polar surface area (TPSA) is 87.5 Å². The SMILES string of the molecule is O=C1CCN(Cc2nccc3nc(Nc4ccc(C(F)(F)F)cc4)nn23)CCN1. The van der Waals surface area contributed by atoms with Crippen molar-refractivity contribution in [3.63, 3.8) is 0 Å². The van der Waals surface area contributed by atoms with Gasteiger partial charge in [-0.15, -0.1) is 5.10 Å². The molecule has 1 saturated heterocycles. The maximum absolute atomic E-state index is 12.7. The van der Waals surface area contributed by atoms with Crippen LogP contribution in [0.1, 0.15) is 17.8 Å². The number of halogens is 3. The van der Waals surface area contributed by atoms with E-state index in [1.807, 2.05) is 0 Å². The third kappa shape index (κ3) is 4.45. The van der Waals surface area contributed by atoms with Crippen LogP contribution in [-0.4, -0.2) is 50.0 Å². The number of rotatable bonds is 4. The minimum absolute atomic E-state index is 0.0300. The lowest BCUT2D eigenvalue weighted by Crippen LogP contribution is -2.29. The summed E-state index contributed by atoms with van der Waals surface area (Å²) in [5, 5.41) is 10.1. The monoisotopic (exact) mass is 405 g/mol. The van der Waals surface area contributed by atoms with E-state index in [1.165, 1.54) is 12.1 Å². The molecule has 11 heteroatoms. The van der Waals surface area contributed by atoms with Crippen molar-refractivity contribution < 1.29 is 18.0 Å². The van der Waals surface area contributed by atoms with Crippen LogP contribution in [0, 0.1) is 0 Å². The number of carbonyl (C=O) groups excluding carboxylic acids is 1. The van der Waals surface area contributed by atoms with Crippen LogP contribution in [0.25, 0.3) is 5.65 Å². The Bertz CT molecular complexity index is 1020. The number of benzene rings is 1. The molecule has 0 atom stereocenters. The first-order chi connectivity index (χ1) is 13.9. The van der Waals surface area contributed by atoms with E-state index in [1.54, 1.807) is 16.8 Å². The molecule has 29 heavy (non-hydrogen) atoms.